The van der Waals surface area contributed by atoms with Crippen LogP contribution in [0.2, 0.25) is 0 Å². The van der Waals surface area contributed by atoms with Crippen LogP contribution >= 0.6 is 0 Å². The van der Waals surface area contributed by atoms with Crippen LogP contribution in [0.4, 0.5) is 11.6 Å². The highest BCUT2D eigenvalue weighted by atomic mass is 15.3. The number of aromatic nitrogens is 2. The smallest absolute Gasteiger partial charge is 0.145 e. The van der Waals surface area contributed by atoms with Gasteiger partial charge < -0.3 is 10.7 Å². The van der Waals surface area contributed by atoms with Gasteiger partial charge in [-0.05, 0) is 25.7 Å². The number of hydrogen-bond acceptors (Lipinski definition) is 5. The number of aryl methyl sites for hydroxylation is 1. The van der Waals surface area contributed by atoms with E-state index in [0.29, 0.717) is 5.82 Å². The van der Waals surface area contributed by atoms with E-state index in [1.54, 1.807) is 0 Å². The minimum Gasteiger partial charge on any atom is -0.370 e. The summed E-state index contributed by atoms with van der Waals surface area (Å²) in [5.41, 5.74) is 2.53. The highest BCUT2D eigenvalue weighted by Crippen LogP contribution is 2.26. The number of nitrogens with zero attached hydrogens (tertiary/aromatic N) is 2. The van der Waals surface area contributed by atoms with Gasteiger partial charge in [-0.1, -0.05) is 6.42 Å². The molecule has 0 aliphatic heterocycles. The molecular formula is C10H17N5. The van der Waals surface area contributed by atoms with Crippen molar-refractivity contribution < 1.29 is 0 Å². The van der Waals surface area contributed by atoms with Crippen molar-refractivity contribution >= 4 is 11.6 Å². The van der Waals surface area contributed by atoms with Crippen LogP contribution in [0.3, 0.4) is 0 Å². The average Bonchev–Trinajstić information content (AvgIpc) is 2.14. The molecule has 82 valence electrons. The van der Waals surface area contributed by atoms with Gasteiger partial charge >= 0.3 is 0 Å². The van der Waals surface area contributed by atoms with Gasteiger partial charge in [0.25, 0.3) is 0 Å². The Balaban J connectivity index is 1.96. The third kappa shape index (κ3) is 2.56. The van der Waals surface area contributed by atoms with Crippen LogP contribution in [0.15, 0.2) is 6.07 Å². The molecule has 0 amide bonds. The summed E-state index contributed by atoms with van der Waals surface area (Å²) in [5, 5.41) is 3.32. The maximum absolute atomic E-state index is 5.31. The zero-order valence-corrected chi connectivity index (χ0v) is 8.95. The third-order valence-corrected chi connectivity index (χ3v) is 2.78. The Morgan fingerprint density at radius 1 is 1.40 bits per heavy atom. The number of anilines is 2. The summed E-state index contributed by atoms with van der Waals surface area (Å²) in [5.74, 6) is 8.35. The lowest BCUT2D eigenvalue weighted by Gasteiger charge is -2.25. The van der Waals surface area contributed by atoms with Gasteiger partial charge in [-0.2, -0.15) is 0 Å². The van der Waals surface area contributed by atoms with Crippen molar-refractivity contribution in [1.82, 2.24) is 9.97 Å². The summed E-state index contributed by atoms with van der Waals surface area (Å²) in [7, 11) is 0. The Bertz CT molecular complexity index is 335. The molecule has 1 aliphatic rings. The molecule has 0 aromatic carbocycles. The van der Waals surface area contributed by atoms with Gasteiger partial charge in [0.1, 0.15) is 17.5 Å². The highest BCUT2D eigenvalue weighted by molar-refractivity contribution is 5.46. The molecule has 0 bridgehead atoms. The second-order valence-electron chi connectivity index (χ2n) is 4.01. The monoisotopic (exact) mass is 207 g/mol. The number of rotatable bonds is 4. The summed E-state index contributed by atoms with van der Waals surface area (Å²) in [6.45, 7) is 2.86. The summed E-state index contributed by atoms with van der Waals surface area (Å²) in [6.07, 6.45) is 4.03. The van der Waals surface area contributed by atoms with Crippen LogP contribution in [0.1, 0.15) is 25.1 Å². The van der Waals surface area contributed by atoms with Gasteiger partial charge in [-0.25, -0.2) is 15.8 Å². The zero-order chi connectivity index (χ0) is 10.7. The Hall–Kier alpha value is -1.36. The molecule has 4 N–H and O–H groups in total. The first-order chi connectivity index (χ1) is 7.28. The van der Waals surface area contributed by atoms with E-state index in [1.165, 1.54) is 19.3 Å². The fourth-order valence-corrected chi connectivity index (χ4v) is 1.68. The van der Waals surface area contributed by atoms with Crippen LogP contribution < -0.4 is 16.6 Å². The predicted molar refractivity (Wildman–Crippen MR) is 60.4 cm³/mol. The number of hydrazine groups is 1. The zero-order valence-electron chi connectivity index (χ0n) is 8.95. The normalized spacial score (nSPS) is 15.9. The molecule has 1 aromatic rings. The first-order valence-electron chi connectivity index (χ1n) is 5.34. The molecule has 5 nitrogen and oxygen atoms in total. The second kappa shape index (κ2) is 4.44. The van der Waals surface area contributed by atoms with Gasteiger partial charge in [0.05, 0.1) is 0 Å². The average molecular weight is 207 g/mol. The van der Waals surface area contributed by atoms with E-state index >= 15 is 0 Å². The van der Waals surface area contributed by atoms with Gasteiger partial charge in [-0.15, -0.1) is 0 Å². The molecule has 0 spiro atoms. The third-order valence-electron chi connectivity index (χ3n) is 2.78. The fourth-order valence-electron chi connectivity index (χ4n) is 1.68. The Morgan fingerprint density at radius 2 is 2.13 bits per heavy atom. The molecule has 0 radical (unpaired) electrons. The van der Waals surface area contributed by atoms with E-state index in [0.717, 1.165) is 24.1 Å². The van der Waals surface area contributed by atoms with Crippen molar-refractivity contribution in [3.8, 4) is 0 Å². The van der Waals surface area contributed by atoms with Crippen molar-refractivity contribution in [2.45, 2.75) is 26.2 Å². The minimum atomic E-state index is 0.651. The number of nitrogens with two attached hydrogens (primary N) is 1. The summed E-state index contributed by atoms with van der Waals surface area (Å²) < 4.78 is 0. The van der Waals surface area contributed by atoms with Gasteiger partial charge in [0.15, 0.2) is 0 Å². The molecule has 0 saturated heterocycles. The first-order valence-corrected chi connectivity index (χ1v) is 5.34. The van der Waals surface area contributed by atoms with Crippen molar-refractivity contribution in [2.24, 2.45) is 11.8 Å². The van der Waals surface area contributed by atoms with E-state index in [1.807, 2.05) is 13.0 Å². The van der Waals surface area contributed by atoms with Gasteiger partial charge in [0.2, 0.25) is 0 Å². The van der Waals surface area contributed by atoms with Crippen molar-refractivity contribution in [3.63, 3.8) is 0 Å². The Morgan fingerprint density at radius 3 is 2.73 bits per heavy atom. The van der Waals surface area contributed by atoms with Crippen LogP contribution in [-0.4, -0.2) is 16.5 Å². The molecule has 2 rings (SSSR count). The van der Waals surface area contributed by atoms with Crippen molar-refractivity contribution in [1.29, 1.82) is 0 Å². The fraction of sp³-hybridized carbons (Fsp3) is 0.600. The lowest BCUT2D eigenvalue weighted by atomic mass is 9.85. The van der Waals surface area contributed by atoms with E-state index in [2.05, 4.69) is 20.7 Å². The topological polar surface area (TPSA) is 75.9 Å². The summed E-state index contributed by atoms with van der Waals surface area (Å²) in [6, 6.07) is 1.83. The molecule has 5 heteroatoms. The van der Waals surface area contributed by atoms with Gasteiger partial charge in [-0.3, -0.25) is 0 Å². The largest absolute Gasteiger partial charge is 0.370 e. The van der Waals surface area contributed by atoms with Crippen molar-refractivity contribution in [3.05, 3.63) is 11.9 Å². The Labute approximate surface area is 89.5 Å². The van der Waals surface area contributed by atoms with Crippen LogP contribution in [0.25, 0.3) is 0 Å². The molecule has 0 unspecified atom stereocenters. The SMILES string of the molecule is Cc1nc(NN)cc(NCC2CCC2)n1. The number of nitrogen functional groups attached to an aromatic ring is 1. The second-order valence-corrected chi connectivity index (χ2v) is 4.01. The maximum atomic E-state index is 5.31. The van der Waals surface area contributed by atoms with Crippen LogP contribution in [0, 0.1) is 12.8 Å². The number of hydrogen-bond donors (Lipinski definition) is 3. The molecule has 1 aromatic heterocycles. The Kier molecular flexibility index (Phi) is 3.01. The van der Waals surface area contributed by atoms with Crippen molar-refractivity contribution in [2.75, 3.05) is 17.3 Å². The summed E-state index contributed by atoms with van der Waals surface area (Å²) in [4.78, 5) is 8.42. The molecule has 0 atom stereocenters. The molecular weight excluding hydrogens is 190 g/mol. The molecule has 1 fully saturated rings. The standard InChI is InChI=1S/C10H17N5/c1-7-13-9(5-10(14-7)15-11)12-6-8-3-2-4-8/h5,8H,2-4,6,11H2,1H3,(H2,12,13,14,15). The summed E-state index contributed by atoms with van der Waals surface area (Å²) >= 11 is 0. The van der Waals surface area contributed by atoms with E-state index in [4.69, 9.17) is 5.84 Å². The maximum Gasteiger partial charge on any atom is 0.145 e. The first kappa shape index (κ1) is 10.2. The van der Waals surface area contributed by atoms with E-state index in [-0.39, 0.29) is 0 Å². The highest BCUT2D eigenvalue weighted by Gasteiger charge is 2.16. The lowest BCUT2D eigenvalue weighted by molar-refractivity contribution is 0.333. The van der Waals surface area contributed by atoms with E-state index in [9.17, 15) is 0 Å². The van der Waals surface area contributed by atoms with Gasteiger partial charge in [0, 0.05) is 12.6 Å². The molecule has 1 heterocycles. The minimum absolute atomic E-state index is 0.651. The van der Waals surface area contributed by atoms with E-state index < -0.39 is 0 Å². The van der Waals surface area contributed by atoms with Crippen LogP contribution in [-0.2, 0) is 0 Å². The quantitative estimate of drug-likeness (QED) is 0.512. The molecule has 1 aliphatic carbocycles. The number of nitrogens with one attached hydrogen (secondary N) is 2. The molecule has 15 heavy (non-hydrogen) atoms. The van der Waals surface area contributed by atoms with Crippen LogP contribution in [0.5, 0.6) is 0 Å². The lowest BCUT2D eigenvalue weighted by Crippen LogP contribution is -2.21. The molecule has 1 saturated carbocycles. The predicted octanol–water partition coefficient (Wildman–Crippen LogP) is 1.28.